The first-order chi connectivity index (χ1) is 15.1. The Hall–Kier alpha value is -1.74. The van der Waals surface area contributed by atoms with Crippen LogP contribution >= 0.6 is 0 Å². The van der Waals surface area contributed by atoms with Crippen molar-refractivity contribution in [1.29, 1.82) is 0 Å². The van der Waals surface area contributed by atoms with Crippen molar-refractivity contribution < 1.29 is 33.7 Å². The minimum absolute atomic E-state index is 0.0851. The van der Waals surface area contributed by atoms with E-state index in [0.717, 1.165) is 17.6 Å². The van der Waals surface area contributed by atoms with E-state index in [9.17, 15) is 19.8 Å². The van der Waals surface area contributed by atoms with Gasteiger partial charge >= 0.3 is 5.97 Å². The summed E-state index contributed by atoms with van der Waals surface area (Å²) in [4.78, 5) is 23.2. The fourth-order valence-corrected chi connectivity index (χ4v) is 4.56. The topological polar surface area (TPSA) is 102 Å². The predicted molar refractivity (Wildman–Crippen MR) is 131 cm³/mol. The monoisotopic (exact) mass is 482 g/mol. The van der Waals surface area contributed by atoms with Crippen LogP contribution in [0.25, 0.3) is 0 Å². The molecule has 0 unspecified atom stereocenters. The molecule has 3 atom stereocenters. The van der Waals surface area contributed by atoms with Crippen LogP contribution in [0.2, 0.25) is 18.1 Å². The lowest BCUT2D eigenvalue weighted by Gasteiger charge is -2.40. The molecule has 0 aliphatic rings. The lowest BCUT2D eigenvalue weighted by Crippen LogP contribution is -2.45. The highest BCUT2D eigenvalue weighted by molar-refractivity contribution is 6.74. The molecule has 2 N–H and O–H groups in total. The van der Waals surface area contributed by atoms with Gasteiger partial charge in [0.15, 0.2) is 8.32 Å². The maximum atomic E-state index is 11.7. The highest BCUT2D eigenvalue weighted by atomic mass is 28.4. The van der Waals surface area contributed by atoms with Gasteiger partial charge in [-0.15, -0.1) is 0 Å². The van der Waals surface area contributed by atoms with Gasteiger partial charge < -0.3 is 28.9 Å². The van der Waals surface area contributed by atoms with Gasteiger partial charge in [0.1, 0.15) is 12.0 Å². The van der Waals surface area contributed by atoms with Crippen LogP contribution in [0, 0.1) is 5.41 Å². The molecule has 7 nitrogen and oxygen atoms in total. The maximum absolute atomic E-state index is 11.7. The molecule has 0 bridgehead atoms. The Labute approximate surface area is 199 Å². The smallest absolute Gasteiger partial charge is 0.305 e. The third kappa shape index (κ3) is 9.56. The largest absolute Gasteiger partial charge is 0.497 e. The average molecular weight is 483 g/mol. The zero-order valence-corrected chi connectivity index (χ0v) is 22.4. The number of aldehydes is 1. The molecule has 0 aliphatic heterocycles. The van der Waals surface area contributed by atoms with Gasteiger partial charge in [-0.25, -0.2) is 0 Å². The first kappa shape index (κ1) is 29.3. The Kier molecular flexibility index (Phi) is 10.7. The highest BCUT2D eigenvalue weighted by Crippen LogP contribution is 2.38. The summed E-state index contributed by atoms with van der Waals surface area (Å²) in [6.45, 7) is 14.2. The molecule has 1 aromatic rings. The Morgan fingerprint density at radius 1 is 1.09 bits per heavy atom. The van der Waals surface area contributed by atoms with Crippen LogP contribution < -0.4 is 4.74 Å². The number of hydrogen-bond donors (Lipinski definition) is 2. The molecule has 1 rings (SSSR count). The number of ether oxygens (including phenoxy) is 2. The van der Waals surface area contributed by atoms with E-state index in [2.05, 4.69) is 33.9 Å². The quantitative estimate of drug-likeness (QED) is 0.290. The first-order valence-corrected chi connectivity index (χ1v) is 14.3. The number of aliphatic carboxylic acids is 1. The van der Waals surface area contributed by atoms with E-state index in [1.54, 1.807) is 21.0 Å². The van der Waals surface area contributed by atoms with Crippen LogP contribution in [0.4, 0.5) is 0 Å². The fourth-order valence-electron chi connectivity index (χ4n) is 3.19. The zero-order chi connectivity index (χ0) is 25.4. The van der Waals surface area contributed by atoms with E-state index in [1.165, 1.54) is 0 Å². The molecule has 0 fully saturated rings. The summed E-state index contributed by atoms with van der Waals surface area (Å²) >= 11 is 0. The molecular formula is C25H42O7Si. The number of aliphatic hydroxyl groups is 1. The number of carboxylic acid groups (broad SMARTS) is 1. The van der Waals surface area contributed by atoms with Crippen molar-refractivity contribution in [3.8, 4) is 5.75 Å². The van der Waals surface area contributed by atoms with Gasteiger partial charge in [0, 0.05) is 11.8 Å². The van der Waals surface area contributed by atoms with Crippen LogP contribution in [0.3, 0.4) is 0 Å². The molecule has 8 heteroatoms. The van der Waals surface area contributed by atoms with Crippen molar-refractivity contribution in [3.05, 3.63) is 29.8 Å². The molecule has 0 saturated carbocycles. The van der Waals surface area contributed by atoms with Crippen molar-refractivity contribution in [1.82, 2.24) is 0 Å². The van der Waals surface area contributed by atoms with Crippen LogP contribution in [0.15, 0.2) is 24.3 Å². The summed E-state index contributed by atoms with van der Waals surface area (Å²) in [6, 6.07) is 7.44. The summed E-state index contributed by atoms with van der Waals surface area (Å²) in [5.74, 6) is -0.225. The van der Waals surface area contributed by atoms with Crippen molar-refractivity contribution in [2.24, 2.45) is 5.41 Å². The van der Waals surface area contributed by atoms with Gasteiger partial charge in [-0.1, -0.05) is 46.8 Å². The van der Waals surface area contributed by atoms with Crippen molar-refractivity contribution >= 4 is 20.6 Å². The number of carbonyl (C=O) groups is 2. The van der Waals surface area contributed by atoms with Crippen molar-refractivity contribution in [2.75, 3.05) is 7.11 Å². The number of hydrogen-bond acceptors (Lipinski definition) is 6. The average Bonchev–Trinajstić information content (AvgIpc) is 2.69. The molecule has 0 amide bonds. The normalized spacial score (nSPS) is 15.5. The van der Waals surface area contributed by atoms with Gasteiger partial charge in [-0.3, -0.25) is 4.79 Å². The molecule has 0 aliphatic carbocycles. The van der Waals surface area contributed by atoms with Crippen LogP contribution in [-0.2, 0) is 25.4 Å². The number of carbonyl (C=O) groups excluding carboxylic acids is 1. The zero-order valence-electron chi connectivity index (χ0n) is 21.4. The molecule has 0 radical (unpaired) electrons. The molecule has 0 spiro atoms. The van der Waals surface area contributed by atoms with Gasteiger partial charge in [0.05, 0.1) is 38.4 Å². The second-order valence-corrected chi connectivity index (χ2v) is 15.6. The minimum Gasteiger partial charge on any atom is -0.497 e. The number of methoxy groups -OCH3 is 1. The second-order valence-electron chi connectivity index (χ2n) is 10.8. The third-order valence-electron chi connectivity index (χ3n) is 6.43. The Bertz CT molecular complexity index is 753. The molecule has 0 saturated heterocycles. The molecule has 33 heavy (non-hydrogen) atoms. The minimum atomic E-state index is -2.22. The van der Waals surface area contributed by atoms with E-state index >= 15 is 0 Å². The van der Waals surface area contributed by atoms with Crippen LogP contribution in [0.5, 0.6) is 5.75 Å². The third-order valence-corrected chi connectivity index (χ3v) is 11.0. The maximum Gasteiger partial charge on any atom is 0.305 e. The summed E-state index contributed by atoms with van der Waals surface area (Å²) in [6.07, 6.45) is -1.03. The SMILES string of the molecule is COc1ccc(CO[C@@H](C[C@H](O)C[C@H](CC(=O)O)O[Si](C)(C)C(C)(C)C)C(C)(C)C=O)cc1. The second kappa shape index (κ2) is 12.1. The standard InChI is InChI=1S/C25H42O7Si/c1-24(2,3)33(7,8)32-21(15-23(28)29)13-19(27)14-22(25(4,5)17-26)31-16-18-9-11-20(30-6)12-10-18/h9-12,17,19,21-22,27H,13-16H2,1-8H3,(H,28,29)/t19-,21-,22+/m1/s1. The Morgan fingerprint density at radius 3 is 2.12 bits per heavy atom. The van der Waals surface area contributed by atoms with Crippen molar-refractivity contribution in [3.63, 3.8) is 0 Å². The summed E-state index contributed by atoms with van der Waals surface area (Å²) < 4.78 is 17.5. The van der Waals surface area contributed by atoms with E-state index < -0.39 is 38.0 Å². The Morgan fingerprint density at radius 2 is 1.67 bits per heavy atom. The predicted octanol–water partition coefficient (Wildman–Crippen LogP) is 4.81. The summed E-state index contributed by atoms with van der Waals surface area (Å²) in [5.41, 5.74) is 0.0951. The van der Waals surface area contributed by atoms with E-state index in [-0.39, 0.29) is 30.9 Å². The van der Waals surface area contributed by atoms with Gasteiger partial charge in [0.25, 0.3) is 0 Å². The number of benzene rings is 1. The van der Waals surface area contributed by atoms with Crippen LogP contribution in [-0.4, -0.2) is 56.2 Å². The van der Waals surface area contributed by atoms with Gasteiger partial charge in [-0.2, -0.15) is 0 Å². The lowest BCUT2D eigenvalue weighted by atomic mass is 9.84. The molecular weight excluding hydrogens is 440 g/mol. The lowest BCUT2D eigenvalue weighted by molar-refractivity contribution is -0.139. The van der Waals surface area contributed by atoms with Crippen LogP contribution in [0.1, 0.15) is 59.4 Å². The number of aliphatic hydroxyl groups excluding tert-OH is 1. The van der Waals surface area contributed by atoms with Gasteiger partial charge in [0.2, 0.25) is 0 Å². The molecule has 0 heterocycles. The molecule has 188 valence electrons. The molecule has 1 aromatic carbocycles. The van der Waals surface area contributed by atoms with Crippen molar-refractivity contribution in [2.45, 2.75) is 96.9 Å². The Balaban J connectivity index is 2.91. The fraction of sp³-hybridized carbons (Fsp3) is 0.680. The van der Waals surface area contributed by atoms with E-state index in [4.69, 9.17) is 13.9 Å². The number of rotatable bonds is 14. The summed E-state index contributed by atoms with van der Waals surface area (Å²) in [5, 5.41) is 20.1. The number of carboxylic acids is 1. The van der Waals surface area contributed by atoms with E-state index in [0.29, 0.717) is 0 Å². The first-order valence-electron chi connectivity index (χ1n) is 11.4. The van der Waals surface area contributed by atoms with Gasteiger partial charge in [-0.05, 0) is 42.2 Å². The molecule has 0 aromatic heterocycles. The highest BCUT2D eigenvalue weighted by Gasteiger charge is 2.40. The van der Waals surface area contributed by atoms with E-state index in [1.807, 2.05) is 24.3 Å². The summed E-state index contributed by atoms with van der Waals surface area (Å²) in [7, 11) is -0.625.